The lowest BCUT2D eigenvalue weighted by atomic mass is 9.79. The van der Waals surface area contributed by atoms with Crippen LogP contribution in [0.3, 0.4) is 0 Å². The fraction of sp³-hybridized carbons (Fsp3) is 0.0606. The Morgan fingerprint density at radius 3 is 1.36 bits per heavy atom. The lowest BCUT2D eigenvalue weighted by Crippen LogP contribution is -2.19. The Kier molecular flexibility index (Phi) is 7.55. The highest BCUT2D eigenvalue weighted by Crippen LogP contribution is 2.53. The van der Waals surface area contributed by atoms with E-state index in [1.807, 2.05) is 0 Å². The minimum Gasteiger partial charge on any atom is -0.0763 e. The third kappa shape index (κ3) is 4.99. The molecular weight excluding hydrogens is 793 g/mol. The minimum atomic E-state index is 1.06. The van der Waals surface area contributed by atoms with Crippen molar-refractivity contribution >= 4 is 76.3 Å². The van der Waals surface area contributed by atoms with Gasteiger partial charge in [-0.15, -0.1) is 0 Å². The molecule has 0 unspecified atom stereocenters. The Bertz CT molecular complexity index is 4220. The molecule has 0 nitrogen and oxygen atoms in total. The lowest BCUT2D eigenvalue weighted by Gasteiger charge is -2.24. The maximum Gasteiger partial charge on any atom is -0.000763 e. The highest BCUT2D eigenvalue weighted by molar-refractivity contribution is 6.37. The van der Waals surface area contributed by atoms with E-state index in [1.165, 1.54) is 142 Å². The van der Waals surface area contributed by atoms with Crippen molar-refractivity contribution in [1.29, 1.82) is 0 Å². The molecular formula is C66H42. The second-order valence-electron chi connectivity index (χ2n) is 18.8. The molecule has 306 valence electrons. The highest BCUT2D eigenvalue weighted by atomic mass is 14.3. The summed E-state index contributed by atoms with van der Waals surface area (Å²) in [5, 5.41) is 19.1. The first-order chi connectivity index (χ1) is 32.8. The summed E-state index contributed by atoms with van der Waals surface area (Å²) in [4.78, 5) is 0. The third-order valence-electron chi connectivity index (χ3n) is 15.5. The number of hydrogen-bond acceptors (Lipinski definition) is 0. The fourth-order valence-electron chi connectivity index (χ4n) is 12.8. The van der Waals surface area contributed by atoms with Crippen LogP contribution in [0.2, 0.25) is 0 Å². The Morgan fingerprint density at radius 2 is 0.773 bits per heavy atom. The molecule has 12 aromatic rings. The van der Waals surface area contributed by atoms with Crippen LogP contribution in [0.5, 0.6) is 0 Å². The molecule has 15 rings (SSSR count). The van der Waals surface area contributed by atoms with Crippen molar-refractivity contribution in [3.8, 4) is 55.6 Å². The van der Waals surface area contributed by atoms with Crippen molar-refractivity contribution in [3.63, 3.8) is 0 Å². The van der Waals surface area contributed by atoms with Crippen LogP contribution in [0.4, 0.5) is 0 Å². The van der Waals surface area contributed by atoms with E-state index >= 15 is 0 Å². The first-order valence-corrected chi connectivity index (χ1v) is 23.7. The van der Waals surface area contributed by atoms with Crippen molar-refractivity contribution in [2.45, 2.75) is 25.7 Å². The molecule has 0 radical (unpaired) electrons. The first-order valence-electron chi connectivity index (χ1n) is 23.7. The van der Waals surface area contributed by atoms with Crippen molar-refractivity contribution in [3.05, 3.63) is 227 Å². The van der Waals surface area contributed by atoms with Gasteiger partial charge in [-0.25, -0.2) is 0 Å². The van der Waals surface area contributed by atoms with Gasteiger partial charge < -0.3 is 0 Å². The fourth-order valence-corrected chi connectivity index (χ4v) is 12.8. The summed E-state index contributed by atoms with van der Waals surface area (Å²) in [5.74, 6) is 0. The van der Waals surface area contributed by atoms with E-state index in [0.717, 1.165) is 25.7 Å². The van der Waals surface area contributed by atoms with Gasteiger partial charge in [-0.2, -0.15) is 0 Å². The lowest BCUT2D eigenvalue weighted by molar-refractivity contribution is 0.949. The third-order valence-corrected chi connectivity index (χ3v) is 15.5. The number of rotatable bonds is 4. The quantitative estimate of drug-likeness (QED) is 0.122. The molecule has 3 aliphatic carbocycles. The molecule has 0 fully saturated rings. The number of fused-ring (bicyclic) bond motifs is 12. The summed E-state index contributed by atoms with van der Waals surface area (Å²) in [5.41, 5.74) is 18.9. The zero-order chi connectivity index (χ0) is 43.0. The molecule has 12 aromatic carbocycles. The molecule has 0 heterocycles. The summed E-state index contributed by atoms with van der Waals surface area (Å²) < 4.78 is 0. The molecule has 0 N–H and O–H groups in total. The summed E-state index contributed by atoms with van der Waals surface area (Å²) in [6, 6.07) is 75.8. The normalized spacial score (nSPS) is 13.6. The standard InChI is InChI=1S/C66H42/c1-5-15-39(16-6-1)44-27-29-52-54(35-44)55-36-45(40-17-7-2-8-18-40)28-30-53(55)66-62(43-21-11-4-12-22-43)59-38-57-51-34-32-49-47-26-14-24-41-23-13-25-46(60(41)47)48-31-33-50(64(51)63(48)49)56(57)37-58(59)61(65(52)66)42-19-9-3-10-20-42/h1-13,15-25,27-31,33,35-38H,14,26,32,34H2. The molecule has 3 aliphatic rings. The van der Waals surface area contributed by atoms with Crippen molar-refractivity contribution in [1.82, 2.24) is 0 Å². The predicted octanol–water partition coefficient (Wildman–Crippen LogP) is 16.1. The molecule has 0 bridgehead atoms. The molecule has 0 aliphatic heterocycles. The molecule has 0 saturated carbocycles. The molecule has 66 heavy (non-hydrogen) atoms. The van der Waals surface area contributed by atoms with Crippen LogP contribution in [0, 0.1) is 0 Å². The van der Waals surface area contributed by atoms with Gasteiger partial charge in [0.05, 0.1) is 0 Å². The Morgan fingerprint density at radius 1 is 0.273 bits per heavy atom. The van der Waals surface area contributed by atoms with Gasteiger partial charge >= 0.3 is 0 Å². The van der Waals surface area contributed by atoms with E-state index in [0.29, 0.717) is 0 Å². The summed E-state index contributed by atoms with van der Waals surface area (Å²) in [6.07, 6.45) is 6.84. The van der Waals surface area contributed by atoms with Gasteiger partial charge in [-0.1, -0.05) is 182 Å². The summed E-state index contributed by atoms with van der Waals surface area (Å²) in [6.45, 7) is 0. The maximum absolute atomic E-state index is 2.62. The van der Waals surface area contributed by atoms with E-state index in [4.69, 9.17) is 0 Å². The van der Waals surface area contributed by atoms with Gasteiger partial charge in [0.25, 0.3) is 0 Å². The average molecular weight is 835 g/mol. The van der Waals surface area contributed by atoms with Crippen LogP contribution in [0.25, 0.3) is 132 Å². The van der Waals surface area contributed by atoms with Gasteiger partial charge in [0.1, 0.15) is 0 Å². The van der Waals surface area contributed by atoms with Gasteiger partial charge in [0, 0.05) is 0 Å². The van der Waals surface area contributed by atoms with E-state index in [1.54, 1.807) is 11.1 Å². The highest BCUT2D eigenvalue weighted by Gasteiger charge is 2.31. The molecule has 0 spiro atoms. The average Bonchev–Trinajstić information content (AvgIpc) is 3.71. The monoisotopic (exact) mass is 834 g/mol. The smallest absolute Gasteiger partial charge is 0.000763 e. The van der Waals surface area contributed by atoms with Crippen LogP contribution in [-0.4, -0.2) is 0 Å². The largest absolute Gasteiger partial charge is 0.0763 e. The topological polar surface area (TPSA) is 0 Å². The van der Waals surface area contributed by atoms with Crippen LogP contribution in [0.15, 0.2) is 200 Å². The van der Waals surface area contributed by atoms with E-state index in [2.05, 4.69) is 206 Å². The molecule has 0 saturated heterocycles. The first kappa shape index (κ1) is 36.3. The maximum atomic E-state index is 2.62. The predicted molar refractivity (Wildman–Crippen MR) is 282 cm³/mol. The molecule has 0 amide bonds. The number of aryl methyl sites for hydroxylation is 2. The second kappa shape index (κ2) is 13.7. The Hall–Kier alpha value is -8.06. The second-order valence-corrected chi connectivity index (χ2v) is 18.8. The van der Waals surface area contributed by atoms with Gasteiger partial charge in [0.2, 0.25) is 0 Å². The van der Waals surface area contributed by atoms with Crippen molar-refractivity contribution in [2.75, 3.05) is 0 Å². The number of hydrogen-bond donors (Lipinski definition) is 0. The van der Waals surface area contributed by atoms with Crippen LogP contribution >= 0.6 is 0 Å². The summed E-state index contributed by atoms with van der Waals surface area (Å²) >= 11 is 0. The summed E-state index contributed by atoms with van der Waals surface area (Å²) in [7, 11) is 0. The van der Waals surface area contributed by atoms with Crippen LogP contribution < -0.4 is 10.4 Å². The molecule has 0 heteroatoms. The molecule has 0 aromatic heterocycles. The van der Waals surface area contributed by atoms with Gasteiger partial charge in [-0.3, -0.25) is 0 Å². The minimum absolute atomic E-state index is 1.06. The van der Waals surface area contributed by atoms with Gasteiger partial charge in [0.15, 0.2) is 0 Å². The van der Waals surface area contributed by atoms with E-state index < -0.39 is 0 Å². The Balaban J connectivity index is 1.14. The van der Waals surface area contributed by atoms with Crippen molar-refractivity contribution < 1.29 is 0 Å². The van der Waals surface area contributed by atoms with E-state index in [-0.39, 0.29) is 0 Å². The van der Waals surface area contributed by atoms with E-state index in [9.17, 15) is 0 Å². The zero-order valence-corrected chi connectivity index (χ0v) is 36.5. The molecule has 0 atom stereocenters. The van der Waals surface area contributed by atoms with Crippen LogP contribution in [-0.2, 0) is 12.8 Å². The number of benzene rings is 12. The van der Waals surface area contributed by atoms with Crippen molar-refractivity contribution in [2.24, 2.45) is 0 Å². The zero-order valence-electron chi connectivity index (χ0n) is 36.5. The SMILES string of the molecule is C1=c2cccc3c2c(c2c4c5c(ccc43)-c3cc4c(-c6ccccc6)c6c7ccc(-c8ccccc8)cc7c7cc(-c8ccccc8)ccc7c6c(-c6ccccc6)c4cc3C=5CC2)CC1. The Labute approximate surface area is 383 Å². The van der Waals surface area contributed by atoms with Gasteiger partial charge in [-0.05, 0) is 203 Å². The van der Waals surface area contributed by atoms with Crippen LogP contribution in [0.1, 0.15) is 29.5 Å².